The first kappa shape index (κ1) is 13.1. The third-order valence-corrected chi connectivity index (χ3v) is 3.32. The molecule has 2 rings (SSSR count). The van der Waals surface area contributed by atoms with Gasteiger partial charge in [-0.25, -0.2) is 4.98 Å². The van der Waals surface area contributed by atoms with Gasteiger partial charge >= 0.3 is 0 Å². The first-order valence-corrected chi connectivity index (χ1v) is 6.33. The van der Waals surface area contributed by atoms with Gasteiger partial charge in [0.25, 0.3) is 5.56 Å². The minimum absolute atomic E-state index is 0.0257. The monoisotopic (exact) mass is 265 g/mol. The fraction of sp³-hybridized carbons (Fsp3) is 0.385. The van der Waals surface area contributed by atoms with Crippen LogP contribution in [0, 0.1) is 0 Å². The van der Waals surface area contributed by atoms with E-state index in [2.05, 4.69) is 10.3 Å². The van der Waals surface area contributed by atoms with Gasteiger partial charge < -0.3 is 5.32 Å². The van der Waals surface area contributed by atoms with Gasteiger partial charge in [0, 0.05) is 11.6 Å². The lowest BCUT2D eigenvalue weighted by Crippen LogP contribution is -2.29. The van der Waals surface area contributed by atoms with E-state index < -0.39 is 0 Å². The third-order valence-electron chi connectivity index (χ3n) is 3.08. The predicted molar refractivity (Wildman–Crippen MR) is 74.2 cm³/mol. The highest BCUT2D eigenvalue weighted by Crippen LogP contribution is 2.17. The number of hydrogen-bond donors (Lipinski definition) is 1. The number of fused-ring (bicyclic) bond motifs is 1. The Kier molecular flexibility index (Phi) is 3.68. The van der Waals surface area contributed by atoms with Crippen LogP contribution in [-0.4, -0.2) is 16.6 Å². The highest BCUT2D eigenvalue weighted by atomic mass is 35.5. The van der Waals surface area contributed by atoms with E-state index in [1.165, 1.54) is 0 Å². The van der Waals surface area contributed by atoms with Crippen molar-refractivity contribution in [1.82, 2.24) is 14.9 Å². The molecule has 1 aromatic carbocycles. The van der Waals surface area contributed by atoms with Crippen molar-refractivity contribution in [2.75, 3.05) is 7.05 Å². The average molecular weight is 266 g/mol. The van der Waals surface area contributed by atoms with Crippen LogP contribution in [-0.2, 0) is 6.54 Å². The molecular weight excluding hydrogens is 250 g/mol. The molecule has 1 aromatic heterocycles. The SMILES string of the molecule is CCn1c(C(C)NC)nc2ccc(Cl)cc2c1=O. The molecule has 0 fully saturated rings. The van der Waals surface area contributed by atoms with E-state index in [9.17, 15) is 4.79 Å². The number of nitrogens with one attached hydrogen (secondary N) is 1. The number of aromatic nitrogens is 2. The van der Waals surface area contributed by atoms with Crippen LogP contribution >= 0.6 is 11.6 Å². The topological polar surface area (TPSA) is 46.9 Å². The van der Waals surface area contributed by atoms with Crippen molar-refractivity contribution < 1.29 is 0 Å². The molecule has 1 atom stereocenters. The molecule has 4 nitrogen and oxygen atoms in total. The second kappa shape index (κ2) is 5.08. The summed E-state index contributed by atoms with van der Waals surface area (Å²) in [5, 5.41) is 4.23. The Morgan fingerprint density at radius 1 is 1.50 bits per heavy atom. The van der Waals surface area contributed by atoms with E-state index in [-0.39, 0.29) is 11.6 Å². The lowest BCUT2D eigenvalue weighted by Gasteiger charge is -2.16. The van der Waals surface area contributed by atoms with Crippen LogP contribution in [0.2, 0.25) is 5.02 Å². The molecule has 0 radical (unpaired) electrons. The summed E-state index contributed by atoms with van der Waals surface area (Å²) in [6, 6.07) is 5.23. The van der Waals surface area contributed by atoms with E-state index in [0.717, 1.165) is 5.82 Å². The van der Waals surface area contributed by atoms with Gasteiger partial charge in [-0.1, -0.05) is 11.6 Å². The Morgan fingerprint density at radius 3 is 2.83 bits per heavy atom. The third kappa shape index (κ3) is 2.13. The Morgan fingerprint density at radius 2 is 2.22 bits per heavy atom. The van der Waals surface area contributed by atoms with Gasteiger partial charge in [-0.15, -0.1) is 0 Å². The largest absolute Gasteiger partial charge is 0.311 e. The van der Waals surface area contributed by atoms with Crippen molar-refractivity contribution in [2.24, 2.45) is 0 Å². The fourth-order valence-corrected chi connectivity index (χ4v) is 2.15. The molecule has 1 heterocycles. The fourth-order valence-electron chi connectivity index (χ4n) is 1.98. The molecule has 5 heteroatoms. The van der Waals surface area contributed by atoms with E-state index in [1.54, 1.807) is 22.8 Å². The Balaban J connectivity index is 2.81. The number of nitrogens with zero attached hydrogens (tertiary/aromatic N) is 2. The van der Waals surface area contributed by atoms with Crippen molar-refractivity contribution in [2.45, 2.75) is 26.4 Å². The number of rotatable bonds is 3. The molecule has 0 bridgehead atoms. The molecule has 0 saturated carbocycles. The van der Waals surface area contributed by atoms with Gasteiger partial charge in [-0.05, 0) is 39.1 Å². The minimum Gasteiger partial charge on any atom is -0.311 e. The van der Waals surface area contributed by atoms with E-state index in [4.69, 9.17) is 11.6 Å². The molecule has 0 aliphatic rings. The van der Waals surface area contributed by atoms with Gasteiger partial charge in [0.15, 0.2) is 0 Å². The molecule has 96 valence electrons. The summed E-state index contributed by atoms with van der Waals surface area (Å²) >= 11 is 5.93. The maximum Gasteiger partial charge on any atom is 0.261 e. The first-order valence-electron chi connectivity index (χ1n) is 5.95. The van der Waals surface area contributed by atoms with Crippen LogP contribution in [0.4, 0.5) is 0 Å². The van der Waals surface area contributed by atoms with Crippen LogP contribution in [0.25, 0.3) is 10.9 Å². The quantitative estimate of drug-likeness (QED) is 0.927. The molecule has 1 N–H and O–H groups in total. The Hall–Kier alpha value is -1.39. The molecule has 0 spiro atoms. The molecule has 0 aliphatic carbocycles. The molecule has 0 amide bonds. The van der Waals surface area contributed by atoms with Crippen LogP contribution in [0.3, 0.4) is 0 Å². The van der Waals surface area contributed by atoms with Crippen molar-refractivity contribution in [3.05, 3.63) is 39.4 Å². The summed E-state index contributed by atoms with van der Waals surface area (Å²) in [7, 11) is 1.85. The molecule has 18 heavy (non-hydrogen) atoms. The summed E-state index contributed by atoms with van der Waals surface area (Å²) in [5.41, 5.74) is 0.647. The first-order chi connectivity index (χ1) is 8.58. The van der Waals surface area contributed by atoms with Crippen LogP contribution in [0.1, 0.15) is 25.7 Å². The molecule has 0 saturated heterocycles. The zero-order valence-corrected chi connectivity index (χ0v) is 11.5. The predicted octanol–water partition coefficient (Wildman–Crippen LogP) is 2.35. The van der Waals surface area contributed by atoms with Gasteiger partial charge in [0.05, 0.1) is 16.9 Å². The normalized spacial score (nSPS) is 12.9. The number of benzene rings is 1. The average Bonchev–Trinajstić information content (AvgIpc) is 2.38. The lowest BCUT2D eigenvalue weighted by atomic mass is 10.2. The van der Waals surface area contributed by atoms with E-state index >= 15 is 0 Å². The molecule has 2 aromatic rings. The van der Waals surface area contributed by atoms with Crippen molar-refractivity contribution >= 4 is 22.5 Å². The van der Waals surface area contributed by atoms with Crippen molar-refractivity contribution in [3.8, 4) is 0 Å². The van der Waals surface area contributed by atoms with E-state index in [0.29, 0.717) is 22.5 Å². The summed E-state index contributed by atoms with van der Waals surface area (Å²) < 4.78 is 1.68. The van der Waals surface area contributed by atoms with E-state index in [1.807, 2.05) is 20.9 Å². The second-order valence-corrected chi connectivity index (χ2v) is 4.63. The number of halogens is 1. The Bertz CT molecular complexity index is 636. The van der Waals surface area contributed by atoms with Gasteiger partial charge in [-0.2, -0.15) is 0 Å². The molecular formula is C13H16ClN3O. The summed E-state index contributed by atoms with van der Waals surface area (Å²) in [6.07, 6.45) is 0. The smallest absolute Gasteiger partial charge is 0.261 e. The van der Waals surface area contributed by atoms with Gasteiger partial charge in [0.2, 0.25) is 0 Å². The summed E-state index contributed by atoms with van der Waals surface area (Å²) in [5.74, 6) is 0.750. The van der Waals surface area contributed by atoms with Gasteiger partial charge in [-0.3, -0.25) is 9.36 Å². The van der Waals surface area contributed by atoms with Crippen LogP contribution in [0.15, 0.2) is 23.0 Å². The summed E-state index contributed by atoms with van der Waals surface area (Å²) in [6.45, 7) is 4.51. The number of hydrogen-bond acceptors (Lipinski definition) is 3. The van der Waals surface area contributed by atoms with Gasteiger partial charge in [0.1, 0.15) is 5.82 Å². The zero-order chi connectivity index (χ0) is 13.3. The highest BCUT2D eigenvalue weighted by Gasteiger charge is 2.14. The molecule has 0 aliphatic heterocycles. The van der Waals surface area contributed by atoms with Crippen LogP contribution in [0.5, 0.6) is 0 Å². The maximum absolute atomic E-state index is 12.4. The van der Waals surface area contributed by atoms with Crippen LogP contribution < -0.4 is 10.9 Å². The van der Waals surface area contributed by atoms with Crippen molar-refractivity contribution in [3.63, 3.8) is 0 Å². The zero-order valence-electron chi connectivity index (χ0n) is 10.7. The minimum atomic E-state index is -0.0397. The standard InChI is InChI=1S/C13H16ClN3O/c1-4-17-12(8(2)15-3)16-11-6-5-9(14)7-10(11)13(17)18/h5-8,15H,4H2,1-3H3. The summed E-state index contributed by atoms with van der Waals surface area (Å²) in [4.78, 5) is 16.9. The van der Waals surface area contributed by atoms with Crippen molar-refractivity contribution in [1.29, 1.82) is 0 Å². The maximum atomic E-state index is 12.4. The molecule has 1 unspecified atom stereocenters. The lowest BCUT2D eigenvalue weighted by molar-refractivity contribution is 0.544. The Labute approximate surface area is 111 Å². The second-order valence-electron chi connectivity index (χ2n) is 4.19. The highest BCUT2D eigenvalue weighted by molar-refractivity contribution is 6.31.